The van der Waals surface area contributed by atoms with Crippen molar-refractivity contribution in [1.29, 1.82) is 0 Å². The highest BCUT2D eigenvalue weighted by molar-refractivity contribution is 5.89. The van der Waals surface area contributed by atoms with Crippen molar-refractivity contribution in [3.05, 3.63) is 41.9 Å². The molecule has 0 saturated carbocycles. The number of anilines is 1. The summed E-state index contributed by atoms with van der Waals surface area (Å²) in [7, 11) is 5.52. The van der Waals surface area contributed by atoms with Gasteiger partial charge in [-0.3, -0.25) is 19.4 Å². The highest BCUT2D eigenvalue weighted by Crippen LogP contribution is 2.29. The van der Waals surface area contributed by atoms with Crippen LogP contribution in [0.2, 0.25) is 0 Å². The van der Waals surface area contributed by atoms with Crippen molar-refractivity contribution < 1.29 is 4.79 Å². The highest BCUT2D eigenvalue weighted by Gasteiger charge is 2.42. The zero-order valence-electron chi connectivity index (χ0n) is 16.1. The molecule has 140 valence electrons. The summed E-state index contributed by atoms with van der Waals surface area (Å²) in [4.78, 5) is 21.6. The lowest BCUT2D eigenvalue weighted by molar-refractivity contribution is -0.135. The third-order valence-electron chi connectivity index (χ3n) is 5.05. The van der Waals surface area contributed by atoms with Crippen molar-refractivity contribution in [3.63, 3.8) is 0 Å². The molecule has 0 atom stereocenters. The lowest BCUT2D eigenvalue weighted by Gasteiger charge is -2.42. The summed E-state index contributed by atoms with van der Waals surface area (Å²) in [5.74, 6) is 0.987. The maximum atomic E-state index is 13.0. The van der Waals surface area contributed by atoms with Crippen LogP contribution >= 0.6 is 0 Å². The first-order valence-electron chi connectivity index (χ1n) is 9.02. The predicted octanol–water partition coefficient (Wildman–Crippen LogP) is 1.66. The monoisotopic (exact) mass is 356 g/mol. The molecule has 7 heteroatoms. The fourth-order valence-electron chi connectivity index (χ4n) is 3.57. The summed E-state index contributed by atoms with van der Waals surface area (Å²) in [5.41, 5.74) is 1.53. The van der Waals surface area contributed by atoms with Gasteiger partial charge in [0.2, 0.25) is 5.91 Å². The summed E-state index contributed by atoms with van der Waals surface area (Å²) in [6.07, 6.45) is 3.25. The van der Waals surface area contributed by atoms with Crippen molar-refractivity contribution in [2.75, 3.05) is 32.5 Å². The molecule has 1 saturated heterocycles. The Bertz CT molecular complexity index is 761. The maximum absolute atomic E-state index is 13.0. The van der Waals surface area contributed by atoms with Crippen LogP contribution in [0.25, 0.3) is 0 Å². The van der Waals surface area contributed by atoms with Crippen molar-refractivity contribution in [1.82, 2.24) is 24.6 Å². The smallest absolute Gasteiger partial charge is 0.247 e. The maximum Gasteiger partial charge on any atom is 0.247 e. The zero-order valence-corrected chi connectivity index (χ0v) is 16.1. The fourth-order valence-corrected chi connectivity index (χ4v) is 3.57. The number of aromatic nitrogens is 3. The minimum atomic E-state index is -0.589. The Morgan fingerprint density at radius 1 is 1.27 bits per heavy atom. The Balaban J connectivity index is 1.72. The van der Waals surface area contributed by atoms with Gasteiger partial charge in [0.15, 0.2) is 0 Å². The number of carbonyl (C=O) groups is 1. The van der Waals surface area contributed by atoms with Crippen LogP contribution in [0, 0.1) is 6.92 Å². The van der Waals surface area contributed by atoms with Crippen molar-refractivity contribution in [2.24, 2.45) is 7.05 Å². The van der Waals surface area contributed by atoms with Gasteiger partial charge >= 0.3 is 0 Å². The first-order valence-corrected chi connectivity index (χ1v) is 9.02. The number of likely N-dealkylation sites (N-methyl/N-ethyl adjacent to an activating group) is 1. The van der Waals surface area contributed by atoms with Gasteiger partial charge in [0.1, 0.15) is 11.4 Å². The van der Waals surface area contributed by atoms with Gasteiger partial charge in [0.05, 0.1) is 11.9 Å². The molecule has 1 N–H and O–H groups in total. The number of hydrogen-bond donors (Lipinski definition) is 1. The van der Waals surface area contributed by atoms with Crippen LogP contribution in [0.1, 0.15) is 24.2 Å². The molecule has 0 aromatic carbocycles. The molecule has 2 aromatic rings. The minimum absolute atomic E-state index is 0.118. The zero-order chi connectivity index (χ0) is 18.7. The van der Waals surface area contributed by atoms with Crippen LogP contribution in [0.4, 0.5) is 5.82 Å². The molecule has 0 radical (unpaired) electrons. The van der Waals surface area contributed by atoms with E-state index in [0.29, 0.717) is 0 Å². The van der Waals surface area contributed by atoms with Gasteiger partial charge in [-0.1, -0.05) is 6.07 Å². The average Bonchev–Trinajstić information content (AvgIpc) is 3.01. The first kappa shape index (κ1) is 18.4. The number of nitrogens with zero attached hydrogens (tertiary/aromatic N) is 5. The van der Waals surface area contributed by atoms with Crippen LogP contribution in [-0.4, -0.2) is 63.2 Å². The molecular formula is C19H28N6O. The van der Waals surface area contributed by atoms with E-state index in [1.54, 1.807) is 15.8 Å². The normalized spacial score (nSPS) is 17.1. The molecule has 1 fully saturated rings. The van der Waals surface area contributed by atoms with E-state index < -0.39 is 5.54 Å². The van der Waals surface area contributed by atoms with Crippen LogP contribution in [-0.2, 0) is 18.4 Å². The molecule has 1 aliphatic heterocycles. The third kappa shape index (κ3) is 3.88. The topological polar surface area (TPSA) is 66.3 Å². The molecule has 26 heavy (non-hydrogen) atoms. The molecule has 3 rings (SSSR count). The van der Waals surface area contributed by atoms with Gasteiger partial charge in [0, 0.05) is 52.5 Å². The molecule has 2 aromatic heterocycles. The predicted molar refractivity (Wildman–Crippen MR) is 102 cm³/mol. The van der Waals surface area contributed by atoms with E-state index in [1.165, 1.54) is 0 Å². The van der Waals surface area contributed by atoms with Gasteiger partial charge in [-0.2, -0.15) is 5.10 Å². The quantitative estimate of drug-likeness (QED) is 0.883. The fraction of sp³-hybridized carbons (Fsp3) is 0.526. The Kier molecular flexibility index (Phi) is 5.27. The Morgan fingerprint density at radius 2 is 2.00 bits per heavy atom. The lowest BCUT2D eigenvalue weighted by atomic mass is 9.85. The highest BCUT2D eigenvalue weighted by atomic mass is 16.2. The number of piperidine rings is 1. The van der Waals surface area contributed by atoms with Crippen LogP contribution in [0.15, 0.2) is 30.5 Å². The Morgan fingerprint density at radius 3 is 2.58 bits per heavy atom. The standard InChI is InChI=1S/C19H28N6O/c1-15-6-5-7-16(21-15)14-25-12-9-19(10-13-25,18(26)23(2)3)22-17-8-11-20-24(17)4/h5-8,11,22H,9-10,12-14H2,1-4H3. The van der Waals surface area contributed by atoms with E-state index in [9.17, 15) is 4.79 Å². The van der Waals surface area contributed by atoms with Gasteiger partial charge in [-0.05, 0) is 31.9 Å². The van der Waals surface area contributed by atoms with Crippen molar-refractivity contribution in [2.45, 2.75) is 31.8 Å². The lowest BCUT2D eigenvalue weighted by Crippen LogP contribution is -2.58. The van der Waals surface area contributed by atoms with Crippen molar-refractivity contribution >= 4 is 11.7 Å². The van der Waals surface area contributed by atoms with E-state index >= 15 is 0 Å². The number of amides is 1. The number of nitrogens with one attached hydrogen (secondary N) is 1. The molecule has 1 amide bonds. The molecule has 0 bridgehead atoms. The van der Waals surface area contributed by atoms with Gasteiger partial charge < -0.3 is 10.2 Å². The largest absolute Gasteiger partial charge is 0.356 e. The van der Waals surface area contributed by atoms with E-state index in [4.69, 9.17) is 0 Å². The number of hydrogen-bond acceptors (Lipinski definition) is 5. The SMILES string of the molecule is Cc1cccc(CN2CCC(Nc3ccnn3C)(C(=O)N(C)C)CC2)n1. The number of aryl methyl sites for hydroxylation is 2. The molecule has 3 heterocycles. The second-order valence-electron chi connectivity index (χ2n) is 7.29. The molecular weight excluding hydrogens is 328 g/mol. The number of pyridine rings is 1. The van der Waals surface area contributed by atoms with E-state index in [1.807, 2.05) is 46.3 Å². The Labute approximate surface area is 155 Å². The minimum Gasteiger partial charge on any atom is -0.356 e. The number of rotatable bonds is 5. The van der Waals surface area contributed by atoms with Crippen LogP contribution < -0.4 is 5.32 Å². The number of likely N-dealkylation sites (tertiary alicyclic amines) is 1. The van der Waals surface area contributed by atoms with Gasteiger partial charge in [-0.25, -0.2) is 0 Å². The summed E-state index contributed by atoms with van der Waals surface area (Å²) >= 11 is 0. The van der Waals surface area contributed by atoms with Crippen LogP contribution in [0.5, 0.6) is 0 Å². The van der Waals surface area contributed by atoms with E-state index in [2.05, 4.69) is 26.4 Å². The van der Waals surface area contributed by atoms with E-state index in [-0.39, 0.29) is 5.91 Å². The third-order valence-corrected chi connectivity index (χ3v) is 5.05. The summed E-state index contributed by atoms with van der Waals surface area (Å²) in [5, 5.41) is 7.69. The molecule has 7 nitrogen and oxygen atoms in total. The first-order chi connectivity index (χ1) is 12.4. The van der Waals surface area contributed by atoms with Gasteiger partial charge in [-0.15, -0.1) is 0 Å². The van der Waals surface area contributed by atoms with E-state index in [0.717, 1.165) is 49.7 Å². The van der Waals surface area contributed by atoms with Gasteiger partial charge in [0.25, 0.3) is 0 Å². The average molecular weight is 356 g/mol. The summed E-state index contributed by atoms with van der Waals surface area (Å²) < 4.78 is 1.77. The molecule has 0 spiro atoms. The van der Waals surface area contributed by atoms with Crippen LogP contribution in [0.3, 0.4) is 0 Å². The molecule has 1 aliphatic rings. The summed E-state index contributed by atoms with van der Waals surface area (Å²) in [6, 6.07) is 8.03. The molecule has 0 aliphatic carbocycles. The molecule has 0 unspecified atom stereocenters. The second-order valence-corrected chi connectivity index (χ2v) is 7.29. The number of carbonyl (C=O) groups excluding carboxylic acids is 1. The summed E-state index contributed by atoms with van der Waals surface area (Å²) in [6.45, 7) is 4.53. The second kappa shape index (κ2) is 7.45. The Hall–Kier alpha value is -2.41. The van der Waals surface area contributed by atoms with Crippen molar-refractivity contribution in [3.8, 4) is 0 Å².